The lowest BCUT2D eigenvalue weighted by atomic mass is 10.3. The number of ether oxygens (including phenoxy) is 3. The predicted octanol–water partition coefficient (Wildman–Crippen LogP) is 3.38. The Morgan fingerprint density at radius 3 is 2.26 bits per heavy atom. The van der Waals surface area contributed by atoms with Crippen molar-refractivity contribution in [3.05, 3.63) is 10.00 Å². The zero-order valence-electron chi connectivity index (χ0n) is 12.1. The van der Waals surface area contributed by atoms with Gasteiger partial charge in [0, 0.05) is 6.92 Å². The molecule has 0 amide bonds. The normalized spacial score (nSPS) is 21.2. The first-order valence-electron chi connectivity index (χ1n) is 6.39. The van der Waals surface area contributed by atoms with Crippen molar-refractivity contribution in [3.8, 4) is 0 Å². The van der Waals surface area contributed by atoms with E-state index in [4.69, 9.17) is 14.2 Å². The zero-order valence-corrected chi connectivity index (χ0v) is 13.8. The topological polar surface area (TPSA) is 44.8 Å². The highest BCUT2D eigenvalue weighted by molar-refractivity contribution is 8.22. The van der Waals surface area contributed by atoms with Crippen LogP contribution < -0.4 is 0 Å². The number of carbonyl (C=O) groups excluding carboxylic acids is 1. The Morgan fingerprint density at radius 2 is 1.89 bits per heavy atom. The zero-order chi connectivity index (χ0) is 14.5. The van der Waals surface area contributed by atoms with Gasteiger partial charge in [0.2, 0.25) is 0 Å². The highest BCUT2D eigenvalue weighted by Crippen LogP contribution is 2.37. The van der Waals surface area contributed by atoms with E-state index in [2.05, 4.69) is 13.8 Å². The molecule has 110 valence electrons. The van der Waals surface area contributed by atoms with Crippen LogP contribution in [0.15, 0.2) is 10.00 Å². The minimum Gasteiger partial charge on any atom is -0.427 e. The standard InChI is InChI=1S/C13H22O4S2/c1-6-18-12(19-7-2)11(16-9(3)14)10-8-15-13(4,5)17-10/h10H,6-8H2,1-5H3/t10-/m1/s1. The summed E-state index contributed by atoms with van der Waals surface area (Å²) in [5.41, 5.74) is 0. The highest BCUT2D eigenvalue weighted by atomic mass is 32.2. The molecule has 0 unspecified atom stereocenters. The van der Waals surface area contributed by atoms with Crippen LogP contribution in [0.5, 0.6) is 0 Å². The van der Waals surface area contributed by atoms with Crippen molar-refractivity contribution in [1.29, 1.82) is 0 Å². The molecule has 6 heteroatoms. The van der Waals surface area contributed by atoms with Gasteiger partial charge in [0.15, 0.2) is 11.5 Å². The fourth-order valence-electron chi connectivity index (χ4n) is 1.66. The van der Waals surface area contributed by atoms with Crippen molar-refractivity contribution < 1.29 is 19.0 Å². The Labute approximate surface area is 123 Å². The summed E-state index contributed by atoms with van der Waals surface area (Å²) in [6, 6.07) is 0. The number of hydrogen-bond acceptors (Lipinski definition) is 6. The Morgan fingerprint density at radius 1 is 1.32 bits per heavy atom. The van der Waals surface area contributed by atoms with Crippen LogP contribution in [0.25, 0.3) is 0 Å². The summed E-state index contributed by atoms with van der Waals surface area (Å²) >= 11 is 3.34. The average molecular weight is 306 g/mol. The van der Waals surface area contributed by atoms with Gasteiger partial charge in [-0.15, -0.1) is 23.5 Å². The maximum atomic E-state index is 11.3. The SMILES string of the molecule is CCSC(SCC)=C(OC(C)=O)[C@H]1COC(C)(C)O1. The van der Waals surface area contributed by atoms with Crippen LogP contribution in [-0.4, -0.2) is 36.0 Å². The maximum Gasteiger partial charge on any atom is 0.307 e. The molecule has 1 heterocycles. The lowest BCUT2D eigenvalue weighted by Crippen LogP contribution is -2.24. The van der Waals surface area contributed by atoms with Gasteiger partial charge in [0.05, 0.1) is 10.8 Å². The number of rotatable bonds is 6. The van der Waals surface area contributed by atoms with E-state index in [1.54, 1.807) is 23.5 Å². The van der Waals surface area contributed by atoms with E-state index in [0.717, 1.165) is 15.7 Å². The molecule has 0 saturated carbocycles. The van der Waals surface area contributed by atoms with Crippen LogP contribution in [-0.2, 0) is 19.0 Å². The van der Waals surface area contributed by atoms with Gasteiger partial charge in [0.25, 0.3) is 0 Å². The number of esters is 1. The van der Waals surface area contributed by atoms with Gasteiger partial charge in [-0.1, -0.05) is 13.8 Å². The predicted molar refractivity (Wildman–Crippen MR) is 80.0 cm³/mol. The molecule has 4 nitrogen and oxygen atoms in total. The summed E-state index contributed by atoms with van der Waals surface area (Å²) in [4.78, 5) is 11.3. The Bertz CT molecular complexity index is 345. The molecule has 0 aromatic rings. The molecule has 1 atom stereocenters. The molecule has 0 N–H and O–H groups in total. The van der Waals surface area contributed by atoms with Gasteiger partial charge in [-0.2, -0.15) is 0 Å². The van der Waals surface area contributed by atoms with E-state index < -0.39 is 5.79 Å². The summed E-state index contributed by atoms with van der Waals surface area (Å²) in [6.45, 7) is 9.68. The molecule has 1 saturated heterocycles. The smallest absolute Gasteiger partial charge is 0.307 e. The fourth-order valence-corrected chi connectivity index (χ4v) is 3.85. The first-order chi connectivity index (χ1) is 8.89. The molecule has 0 aromatic carbocycles. The first kappa shape index (κ1) is 16.9. The van der Waals surface area contributed by atoms with Crippen LogP contribution in [0.3, 0.4) is 0 Å². The molecule has 0 aliphatic carbocycles. The Kier molecular flexibility index (Phi) is 6.73. The van der Waals surface area contributed by atoms with Crippen molar-refractivity contribution in [1.82, 2.24) is 0 Å². The van der Waals surface area contributed by atoms with Crippen molar-refractivity contribution >= 4 is 29.5 Å². The molecule has 0 spiro atoms. The Balaban J connectivity index is 2.97. The molecule has 1 fully saturated rings. The second-order valence-electron chi connectivity index (χ2n) is 4.43. The summed E-state index contributed by atoms with van der Waals surface area (Å²) in [5.74, 6) is 1.48. The lowest BCUT2D eigenvalue weighted by molar-refractivity contribution is -0.148. The van der Waals surface area contributed by atoms with Crippen molar-refractivity contribution in [2.75, 3.05) is 18.1 Å². The third kappa shape index (κ3) is 5.38. The van der Waals surface area contributed by atoms with Gasteiger partial charge in [-0.3, -0.25) is 4.79 Å². The average Bonchev–Trinajstić information content (AvgIpc) is 2.66. The van der Waals surface area contributed by atoms with Crippen LogP contribution in [0.2, 0.25) is 0 Å². The molecule has 1 rings (SSSR count). The van der Waals surface area contributed by atoms with Gasteiger partial charge >= 0.3 is 5.97 Å². The lowest BCUT2D eigenvalue weighted by Gasteiger charge is -2.20. The van der Waals surface area contributed by atoms with E-state index in [1.165, 1.54) is 6.92 Å². The number of carbonyl (C=O) groups is 1. The first-order valence-corrected chi connectivity index (χ1v) is 8.36. The van der Waals surface area contributed by atoms with E-state index in [0.29, 0.717) is 12.4 Å². The van der Waals surface area contributed by atoms with Gasteiger partial charge in [0.1, 0.15) is 6.10 Å². The third-order valence-corrected chi connectivity index (χ3v) is 4.52. The van der Waals surface area contributed by atoms with Crippen LogP contribution in [0.1, 0.15) is 34.6 Å². The number of hydrogen-bond donors (Lipinski definition) is 0. The second-order valence-corrected chi connectivity index (χ2v) is 7.24. The molecule has 0 radical (unpaired) electrons. The molecular formula is C13H22O4S2. The van der Waals surface area contributed by atoms with Crippen LogP contribution in [0.4, 0.5) is 0 Å². The van der Waals surface area contributed by atoms with E-state index >= 15 is 0 Å². The quantitative estimate of drug-likeness (QED) is 0.554. The van der Waals surface area contributed by atoms with E-state index in [9.17, 15) is 4.79 Å². The van der Waals surface area contributed by atoms with E-state index in [-0.39, 0.29) is 12.1 Å². The van der Waals surface area contributed by atoms with Gasteiger partial charge < -0.3 is 14.2 Å². The molecule has 0 bridgehead atoms. The summed E-state index contributed by atoms with van der Waals surface area (Å²) in [5, 5.41) is 0. The summed E-state index contributed by atoms with van der Waals surface area (Å²) < 4.78 is 17.8. The van der Waals surface area contributed by atoms with Crippen molar-refractivity contribution in [2.45, 2.75) is 46.5 Å². The fraction of sp³-hybridized carbons (Fsp3) is 0.769. The third-order valence-electron chi connectivity index (χ3n) is 2.31. The summed E-state index contributed by atoms with van der Waals surface area (Å²) in [7, 11) is 0. The molecule has 19 heavy (non-hydrogen) atoms. The minimum absolute atomic E-state index is 0.313. The van der Waals surface area contributed by atoms with Crippen LogP contribution in [0, 0.1) is 0 Å². The molecular weight excluding hydrogens is 284 g/mol. The van der Waals surface area contributed by atoms with Gasteiger partial charge in [-0.05, 0) is 25.4 Å². The van der Waals surface area contributed by atoms with Gasteiger partial charge in [-0.25, -0.2) is 0 Å². The monoisotopic (exact) mass is 306 g/mol. The molecule has 1 aliphatic heterocycles. The summed E-state index contributed by atoms with van der Waals surface area (Å²) in [6.07, 6.45) is -0.313. The molecule has 1 aliphatic rings. The van der Waals surface area contributed by atoms with E-state index in [1.807, 2.05) is 13.8 Å². The second kappa shape index (κ2) is 7.57. The Hall–Kier alpha value is -0.170. The van der Waals surface area contributed by atoms with Crippen LogP contribution >= 0.6 is 23.5 Å². The minimum atomic E-state index is -0.630. The van der Waals surface area contributed by atoms with Crippen molar-refractivity contribution in [3.63, 3.8) is 0 Å². The highest BCUT2D eigenvalue weighted by Gasteiger charge is 2.37. The molecule has 0 aromatic heterocycles. The largest absolute Gasteiger partial charge is 0.427 e. The number of thioether (sulfide) groups is 2. The maximum absolute atomic E-state index is 11.3. The van der Waals surface area contributed by atoms with Crippen molar-refractivity contribution in [2.24, 2.45) is 0 Å².